The summed E-state index contributed by atoms with van der Waals surface area (Å²) in [4.78, 5) is 14.0. The van der Waals surface area contributed by atoms with Crippen molar-refractivity contribution in [3.8, 4) is 0 Å². The minimum absolute atomic E-state index is 0.0554. The fourth-order valence-electron chi connectivity index (χ4n) is 2.68. The van der Waals surface area contributed by atoms with Gasteiger partial charge in [0, 0.05) is 12.6 Å². The first-order chi connectivity index (χ1) is 9.36. The van der Waals surface area contributed by atoms with E-state index >= 15 is 0 Å². The molecule has 2 N–H and O–H groups in total. The van der Waals surface area contributed by atoms with Gasteiger partial charge in [-0.2, -0.15) is 13.2 Å². The maximum Gasteiger partial charge on any atom is 0.418 e. The summed E-state index contributed by atoms with van der Waals surface area (Å²) < 4.78 is 38.4. The molecule has 1 aliphatic rings. The maximum atomic E-state index is 12.8. The Morgan fingerprint density at radius 2 is 2.15 bits per heavy atom. The number of anilines is 1. The second-order valence-corrected chi connectivity index (χ2v) is 4.97. The lowest BCUT2D eigenvalue weighted by molar-refractivity contribution is -0.136. The third-order valence-corrected chi connectivity index (χ3v) is 3.75. The third kappa shape index (κ3) is 2.59. The van der Waals surface area contributed by atoms with Crippen LogP contribution in [0, 0.1) is 0 Å². The van der Waals surface area contributed by atoms with Gasteiger partial charge < -0.3 is 10.6 Å². The maximum absolute atomic E-state index is 12.8. The van der Waals surface area contributed by atoms with Gasteiger partial charge in [0.2, 0.25) is 0 Å². The van der Waals surface area contributed by atoms with Crippen LogP contribution < -0.4 is 5.73 Å². The van der Waals surface area contributed by atoms with E-state index in [0.717, 1.165) is 25.3 Å². The zero-order chi connectivity index (χ0) is 14.9. The highest BCUT2D eigenvalue weighted by Crippen LogP contribution is 2.36. The van der Waals surface area contributed by atoms with Crippen molar-refractivity contribution in [3.05, 3.63) is 29.3 Å². The molecule has 20 heavy (non-hydrogen) atoms. The van der Waals surface area contributed by atoms with Gasteiger partial charge in [0.25, 0.3) is 5.91 Å². The monoisotopic (exact) mass is 286 g/mol. The second kappa shape index (κ2) is 5.34. The number of rotatable bonds is 2. The lowest BCUT2D eigenvalue weighted by atomic mass is 10.0. The van der Waals surface area contributed by atoms with Crippen LogP contribution in [0.25, 0.3) is 0 Å². The van der Waals surface area contributed by atoms with Gasteiger partial charge in [-0.15, -0.1) is 0 Å². The molecule has 0 radical (unpaired) electrons. The summed E-state index contributed by atoms with van der Waals surface area (Å²) in [5.41, 5.74) is 4.07. The van der Waals surface area contributed by atoms with Crippen LogP contribution in [-0.4, -0.2) is 23.4 Å². The van der Waals surface area contributed by atoms with Crippen molar-refractivity contribution in [3.63, 3.8) is 0 Å². The first-order valence-electron chi connectivity index (χ1n) is 6.63. The van der Waals surface area contributed by atoms with E-state index in [2.05, 4.69) is 0 Å². The minimum Gasteiger partial charge on any atom is -0.398 e. The van der Waals surface area contributed by atoms with Crippen molar-refractivity contribution in [2.75, 3.05) is 12.3 Å². The molecule has 1 aromatic carbocycles. The lowest BCUT2D eigenvalue weighted by Crippen LogP contribution is -2.35. The molecule has 3 nitrogen and oxygen atoms in total. The number of nitrogen functional groups attached to an aromatic ring is 1. The van der Waals surface area contributed by atoms with Crippen molar-refractivity contribution < 1.29 is 18.0 Å². The Balaban J connectivity index is 2.36. The Hall–Kier alpha value is -1.72. The molecule has 110 valence electrons. The van der Waals surface area contributed by atoms with Crippen LogP contribution in [0.2, 0.25) is 0 Å². The largest absolute Gasteiger partial charge is 0.418 e. The zero-order valence-electron chi connectivity index (χ0n) is 11.2. The average molecular weight is 286 g/mol. The minimum atomic E-state index is -4.55. The van der Waals surface area contributed by atoms with Gasteiger partial charge in [-0.3, -0.25) is 4.79 Å². The number of likely N-dealkylation sites (tertiary alicyclic amines) is 1. The molecule has 1 aromatic rings. The van der Waals surface area contributed by atoms with Crippen LogP contribution in [0.5, 0.6) is 0 Å². The number of hydrogen-bond acceptors (Lipinski definition) is 2. The molecule has 0 aliphatic carbocycles. The SMILES string of the molecule is CCC1CCCN1C(=O)c1cccc(C(F)(F)F)c1N. The Kier molecular flexibility index (Phi) is 3.92. The van der Waals surface area contributed by atoms with Gasteiger partial charge in [0.1, 0.15) is 0 Å². The summed E-state index contributed by atoms with van der Waals surface area (Å²) in [6.45, 7) is 2.54. The predicted octanol–water partition coefficient (Wildman–Crippen LogP) is 3.30. The summed E-state index contributed by atoms with van der Waals surface area (Å²) in [6, 6.07) is 3.57. The highest BCUT2D eigenvalue weighted by atomic mass is 19.4. The Labute approximate surface area is 115 Å². The molecule has 6 heteroatoms. The number of para-hydroxylation sites is 1. The molecular formula is C14H17F3N2O. The Bertz CT molecular complexity index is 514. The number of nitrogens with two attached hydrogens (primary N) is 1. The van der Waals surface area contributed by atoms with Crippen LogP contribution in [0.3, 0.4) is 0 Å². The quantitative estimate of drug-likeness (QED) is 0.848. The summed E-state index contributed by atoms with van der Waals surface area (Å²) in [6.07, 6.45) is -1.98. The fraction of sp³-hybridized carbons (Fsp3) is 0.500. The number of nitrogens with zero attached hydrogens (tertiary/aromatic N) is 1. The molecule has 0 aromatic heterocycles. The van der Waals surface area contributed by atoms with E-state index in [1.807, 2.05) is 6.92 Å². The van der Waals surface area contributed by atoms with Gasteiger partial charge in [0.05, 0.1) is 16.8 Å². The average Bonchev–Trinajstić information content (AvgIpc) is 2.85. The van der Waals surface area contributed by atoms with Crippen LogP contribution >= 0.6 is 0 Å². The van der Waals surface area contributed by atoms with E-state index in [9.17, 15) is 18.0 Å². The molecule has 1 heterocycles. The van der Waals surface area contributed by atoms with Gasteiger partial charge in [-0.1, -0.05) is 13.0 Å². The molecule has 2 rings (SSSR count). The van der Waals surface area contributed by atoms with E-state index < -0.39 is 23.3 Å². The zero-order valence-corrected chi connectivity index (χ0v) is 11.2. The molecular weight excluding hydrogens is 269 g/mol. The highest BCUT2D eigenvalue weighted by Gasteiger charge is 2.36. The van der Waals surface area contributed by atoms with Gasteiger partial charge in [-0.25, -0.2) is 0 Å². The third-order valence-electron chi connectivity index (χ3n) is 3.75. The van der Waals surface area contributed by atoms with Crippen LogP contribution in [0.4, 0.5) is 18.9 Å². The smallest absolute Gasteiger partial charge is 0.398 e. The first-order valence-corrected chi connectivity index (χ1v) is 6.63. The molecule has 1 amide bonds. The summed E-state index contributed by atoms with van der Waals surface area (Å²) >= 11 is 0. The Morgan fingerprint density at radius 3 is 2.75 bits per heavy atom. The summed E-state index contributed by atoms with van der Waals surface area (Å²) in [5, 5.41) is 0. The van der Waals surface area contributed by atoms with Crippen molar-refractivity contribution in [1.29, 1.82) is 0 Å². The van der Waals surface area contributed by atoms with E-state index in [-0.39, 0.29) is 11.6 Å². The topological polar surface area (TPSA) is 46.3 Å². The number of hydrogen-bond donors (Lipinski definition) is 1. The van der Waals surface area contributed by atoms with E-state index in [0.29, 0.717) is 6.54 Å². The van der Waals surface area contributed by atoms with Crippen molar-refractivity contribution >= 4 is 11.6 Å². The van der Waals surface area contributed by atoms with Gasteiger partial charge in [-0.05, 0) is 31.4 Å². The van der Waals surface area contributed by atoms with Crippen molar-refractivity contribution in [1.82, 2.24) is 4.90 Å². The summed E-state index contributed by atoms with van der Waals surface area (Å²) in [5.74, 6) is -0.405. The number of alkyl halides is 3. The number of carbonyl (C=O) groups is 1. The van der Waals surface area contributed by atoms with Crippen LogP contribution in [0.15, 0.2) is 18.2 Å². The predicted molar refractivity (Wildman–Crippen MR) is 70.2 cm³/mol. The normalized spacial score (nSPS) is 19.4. The van der Waals surface area contributed by atoms with Gasteiger partial charge >= 0.3 is 6.18 Å². The number of halogens is 3. The molecule has 0 saturated carbocycles. The van der Waals surface area contributed by atoms with Gasteiger partial charge in [0.15, 0.2) is 0 Å². The number of benzene rings is 1. The molecule has 1 saturated heterocycles. The second-order valence-electron chi connectivity index (χ2n) is 4.97. The number of amides is 1. The van der Waals surface area contributed by atoms with Crippen LogP contribution in [-0.2, 0) is 6.18 Å². The molecule has 1 atom stereocenters. The number of carbonyl (C=O) groups excluding carboxylic acids is 1. The van der Waals surface area contributed by atoms with E-state index in [1.165, 1.54) is 12.1 Å². The van der Waals surface area contributed by atoms with E-state index in [1.54, 1.807) is 4.90 Å². The standard InChI is InChI=1S/C14H17F3N2O/c1-2-9-5-4-8-19(9)13(20)10-6-3-7-11(12(10)18)14(15,16)17/h3,6-7,9H,2,4-5,8,18H2,1H3. The van der Waals surface area contributed by atoms with Crippen molar-refractivity contribution in [2.24, 2.45) is 0 Å². The summed E-state index contributed by atoms with van der Waals surface area (Å²) in [7, 11) is 0. The molecule has 0 bridgehead atoms. The molecule has 1 fully saturated rings. The van der Waals surface area contributed by atoms with Crippen molar-refractivity contribution in [2.45, 2.75) is 38.4 Å². The molecule has 1 aliphatic heterocycles. The van der Waals surface area contributed by atoms with Crippen LogP contribution in [0.1, 0.15) is 42.1 Å². The lowest BCUT2D eigenvalue weighted by Gasteiger charge is -2.25. The highest BCUT2D eigenvalue weighted by molar-refractivity contribution is 6.00. The Morgan fingerprint density at radius 1 is 1.45 bits per heavy atom. The fourth-order valence-corrected chi connectivity index (χ4v) is 2.68. The molecule has 0 spiro atoms. The first kappa shape index (κ1) is 14.7. The van der Waals surface area contributed by atoms with E-state index in [4.69, 9.17) is 5.73 Å². The molecule has 1 unspecified atom stereocenters.